The highest BCUT2D eigenvalue weighted by molar-refractivity contribution is 9.10. The highest BCUT2D eigenvalue weighted by atomic mass is 79.9. The van der Waals surface area contributed by atoms with Crippen LogP contribution in [0, 0.1) is 0 Å². The van der Waals surface area contributed by atoms with E-state index in [9.17, 15) is 0 Å². The first-order chi connectivity index (χ1) is 10.3. The van der Waals surface area contributed by atoms with Crippen molar-refractivity contribution < 1.29 is 4.74 Å². The van der Waals surface area contributed by atoms with Gasteiger partial charge >= 0.3 is 0 Å². The van der Waals surface area contributed by atoms with Gasteiger partial charge in [-0.25, -0.2) is 0 Å². The summed E-state index contributed by atoms with van der Waals surface area (Å²) < 4.78 is 7.09. The maximum absolute atomic E-state index is 5.98. The highest BCUT2D eigenvalue weighted by Crippen LogP contribution is 2.36. The maximum atomic E-state index is 5.98. The van der Waals surface area contributed by atoms with Crippen LogP contribution < -0.4 is 10.1 Å². The van der Waals surface area contributed by atoms with E-state index in [2.05, 4.69) is 70.6 Å². The second-order valence-corrected chi connectivity index (χ2v) is 6.25. The Balaban J connectivity index is 2.05. The van der Waals surface area contributed by atoms with Gasteiger partial charge < -0.3 is 10.1 Å². The smallest absolute Gasteiger partial charge is 0.127 e. The molecule has 2 aromatic rings. The molecule has 21 heavy (non-hydrogen) atoms. The molecule has 1 heterocycles. The molecule has 0 amide bonds. The molecule has 2 aromatic carbocycles. The number of para-hydroxylation sites is 1. The summed E-state index contributed by atoms with van der Waals surface area (Å²) in [4.78, 5) is 0. The second-order valence-electron chi connectivity index (χ2n) is 5.33. The summed E-state index contributed by atoms with van der Waals surface area (Å²) in [6, 6.07) is 15.2. The number of nitrogens with one attached hydrogen (secondary N) is 1. The molecule has 0 saturated carbocycles. The lowest BCUT2D eigenvalue weighted by atomic mass is 9.93. The van der Waals surface area contributed by atoms with E-state index < -0.39 is 0 Å². The van der Waals surface area contributed by atoms with Gasteiger partial charge in [-0.15, -0.1) is 0 Å². The third kappa shape index (κ3) is 3.14. The molecule has 0 radical (unpaired) electrons. The lowest BCUT2D eigenvalue weighted by molar-refractivity contribution is 0.283. The van der Waals surface area contributed by atoms with Crippen molar-refractivity contribution in [3.05, 3.63) is 63.6 Å². The van der Waals surface area contributed by atoms with Gasteiger partial charge in [0.25, 0.3) is 0 Å². The van der Waals surface area contributed by atoms with E-state index in [4.69, 9.17) is 4.74 Å². The molecular weight excluding hydrogens is 326 g/mol. The minimum absolute atomic E-state index is 0.167. The van der Waals surface area contributed by atoms with Crippen LogP contribution >= 0.6 is 15.9 Å². The summed E-state index contributed by atoms with van der Waals surface area (Å²) in [5.41, 5.74) is 3.83. The van der Waals surface area contributed by atoms with Crippen LogP contribution in [0.5, 0.6) is 5.75 Å². The van der Waals surface area contributed by atoms with E-state index in [-0.39, 0.29) is 6.04 Å². The lowest BCUT2D eigenvalue weighted by Crippen LogP contribution is -2.24. The zero-order chi connectivity index (χ0) is 14.7. The summed E-state index contributed by atoms with van der Waals surface area (Å²) in [7, 11) is 0. The van der Waals surface area contributed by atoms with E-state index in [1.165, 1.54) is 16.7 Å². The molecule has 1 aliphatic heterocycles. The summed E-state index contributed by atoms with van der Waals surface area (Å²) in [5.74, 6) is 1.08. The first kappa shape index (κ1) is 14.6. The van der Waals surface area contributed by atoms with Crippen LogP contribution in [0.2, 0.25) is 0 Å². The summed E-state index contributed by atoms with van der Waals surface area (Å²) in [5, 5.41) is 3.59. The van der Waals surface area contributed by atoms with Crippen LogP contribution in [0.3, 0.4) is 0 Å². The van der Waals surface area contributed by atoms with E-state index in [0.717, 1.165) is 36.2 Å². The van der Waals surface area contributed by atoms with Crippen molar-refractivity contribution >= 4 is 15.9 Å². The Morgan fingerprint density at radius 3 is 2.90 bits per heavy atom. The monoisotopic (exact) mass is 345 g/mol. The average molecular weight is 346 g/mol. The first-order valence-corrected chi connectivity index (χ1v) is 8.32. The number of hydrogen-bond donors (Lipinski definition) is 1. The number of hydrogen-bond acceptors (Lipinski definition) is 2. The van der Waals surface area contributed by atoms with Crippen molar-refractivity contribution in [3.8, 4) is 5.75 Å². The fourth-order valence-corrected chi connectivity index (χ4v) is 3.36. The Hall–Kier alpha value is -1.32. The maximum Gasteiger partial charge on any atom is 0.127 e. The van der Waals surface area contributed by atoms with E-state index in [1.807, 2.05) is 0 Å². The molecule has 2 nitrogen and oxygen atoms in total. The van der Waals surface area contributed by atoms with Crippen LogP contribution in [0.25, 0.3) is 0 Å². The van der Waals surface area contributed by atoms with Crippen molar-refractivity contribution in [3.63, 3.8) is 0 Å². The van der Waals surface area contributed by atoms with Gasteiger partial charge in [-0.05, 0) is 42.6 Å². The van der Waals surface area contributed by atoms with Gasteiger partial charge in [0.2, 0.25) is 0 Å². The quantitative estimate of drug-likeness (QED) is 0.882. The van der Waals surface area contributed by atoms with Crippen molar-refractivity contribution in [2.24, 2.45) is 0 Å². The predicted octanol–water partition coefficient (Wildman–Crippen LogP) is 4.47. The molecular formula is C18H20BrNO. The molecule has 0 bridgehead atoms. The molecule has 3 rings (SSSR count). The van der Waals surface area contributed by atoms with Crippen LogP contribution in [0.4, 0.5) is 0 Å². The van der Waals surface area contributed by atoms with Crippen molar-refractivity contribution in [2.75, 3.05) is 13.2 Å². The molecule has 1 atom stereocenters. The Kier molecular flexibility index (Phi) is 4.61. The topological polar surface area (TPSA) is 21.3 Å². The number of halogens is 1. The lowest BCUT2D eigenvalue weighted by Gasteiger charge is -2.26. The SMILES string of the molecule is CCNC(c1cccc(Br)c1)c1cccc2c1OCCC2. The van der Waals surface area contributed by atoms with E-state index in [1.54, 1.807) is 0 Å². The molecule has 0 aliphatic carbocycles. The van der Waals surface area contributed by atoms with E-state index in [0.29, 0.717) is 0 Å². The largest absolute Gasteiger partial charge is 0.493 e. The van der Waals surface area contributed by atoms with Gasteiger partial charge in [0.1, 0.15) is 5.75 Å². The minimum Gasteiger partial charge on any atom is -0.493 e. The second kappa shape index (κ2) is 6.63. The fraction of sp³-hybridized carbons (Fsp3) is 0.333. The third-order valence-corrected chi connectivity index (χ3v) is 4.36. The summed E-state index contributed by atoms with van der Waals surface area (Å²) in [6.45, 7) is 3.88. The zero-order valence-corrected chi connectivity index (χ0v) is 13.8. The number of ether oxygens (including phenoxy) is 1. The van der Waals surface area contributed by atoms with E-state index >= 15 is 0 Å². The molecule has 1 aliphatic rings. The molecule has 1 unspecified atom stereocenters. The third-order valence-electron chi connectivity index (χ3n) is 3.87. The first-order valence-electron chi connectivity index (χ1n) is 7.53. The normalized spacial score (nSPS) is 15.1. The Bertz CT molecular complexity index is 626. The number of fused-ring (bicyclic) bond motifs is 1. The molecule has 3 heteroatoms. The van der Waals surface area contributed by atoms with Gasteiger partial charge in [0.15, 0.2) is 0 Å². The summed E-state index contributed by atoms with van der Waals surface area (Å²) >= 11 is 3.57. The van der Waals surface area contributed by atoms with Crippen LogP contribution in [-0.4, -0.2) is 13.2 Å². The minimum atomic E-state index is 0.167. The Morgan fingerprint density at radius 2 is 2.10 bits per heavy atom. The fourth-order valence-electron chi connectivity index (χ4n) is 2.94. The molecule has 110 valence electrons. The predicted molar refractivity (Wildman–Crippen MR) is 89.9 cm³/mol. The molecule has 0 saturated heterocycles. The van der Waals surface area contributed by atoms with Gasteiger partial charge in [0, 0.05) is 10.0 Å². The molecule has 0 fully saturated rings. The Labute approximate surface area is 134 Å². The highest BCUT2D eigenvalue weighted by Gasteiger charge is 2.21. The Morgan fingerprint density at radius 1 is 1.24 bits per heavy atom. The standard InChI is InChI=1S/C18H20BrNO/c1-2-20-17(14-7-3-9-15(19)12-14)16-10-4-6-13-8-5-11-21-18(13)16/h3-4,6-7,9-10,12,17,20H,2,5,8,11H2,1H3. The van der Waals surface area contributed by atoms with Gasteiger partial charge in [0.05, 0.1) is 12.6 Å². The average Bonchev–Trinajstić information content (AvgIpc) is 2.52. The van der Waals surface area contributed by atoms with Crippen LogP contribution in [-0.2, 0) is 6.42 Å². The van der Waals surface area contributed by atoms with Gasteiger partial charge in [-0.1, -0.05) is 53.2 Å². The van der Waals surface area contributed by atoms with Crippen LogP contribution in [0.15, 0.2) is 46.9 Å². The number of rotatable bonds is 4. The van der Waals surface area contributed by atoms with Gasteiger partial charge in [-0.2, -0.15) is 0 Å². The number of benzene rings is 2. The van der Waals surface area contributed by atoms with Crippen molar-refractivity contribution in [1.82, 2.24) is 5.32 Å². The molecule has 0 spiro atoms. The molecule has 1 N–H and O–H groups in total. The van der Waals surface area contributed by atoms with Gasteiger partial charge in [-0.3, -0.25) is 0 Å². The zero-order valence-electron chi connectivity index (χ0n) is 12.2. The molecule has 0 aromatic heterocycles. The summed E-state index contributed by atoms with van der Waals surface area (Å²) in [6.07, 6.45) is 2.22. The van der Waals surface area contributed by atoms with Crippen molar-refractivity contribution in [2.45, 2.75) is 25.8 Å². The van der Waals surface area contributed by atoms with Crippen LogP contribution in [0.1, 0.15) is 36.1 Å². The number of aryl methyl sites for hydroxylation is 1. The van der Waals surface area contributed by atoms with Crippen molar-refractivity contribution in [1.29, 1.82) is 0 Å².